The third-order valence-electron chi connectivity index (χ3n) is 8.62. The molecule has 1 aromatic heterocycles. The summed E-state index contributed by atoms with van der Waals surface area (Å²) in [6.07, 6.45) is 1.38. The molecule has 1 aliphatic rings. The van der Waals surface area contributed by atoms with Gasteiger partial charge in [0.2, 0.25) is 11.8 Å². The van der Waals surface area contributed by atoms with Crippen LogP contribution < -0.4 is 10.2 Å². The van der Waals surface area contributed by atoms with Gasteiger partial charge in [-0.2, -0.15) is 0 Å². The van der Waals surface area contributed by atoms with E-state index in [-0.39, 0.29) is 36.4 Å². The van der Waals surface area contributed by atoms with Crippen LogP contribution in [0.15, 0.2) is 48.5 Å². The van der Waals surface area contributed by atoms with Gasteiger partial charge in [-0.1, -0.05) is 75.4 Å². The summed E-state index contributed by atoms with van der Waals surface area (Å²) in [6, 6.07) is 15.7. The van der Waals surface area contributed by atoms with Crippen molar-refractivity contribution in [3.63, 3.8) is 0 Å². The zero-order valence-corrected chi connectivity index (χ0v) is 28.4. The Balaban J connectivity index is 1.38. The molecule has 0 aliphatic carbocycles. The van der Waals surface area contributed by atoms with Gasteiger partial charge in [-0.15, -0.1) is 5.10 Å². The van der Waals surface area contributed by atoms with E-state index in [9.17, 15) is 14.4 Å². The number of ether oxygens (including phenoxy) is 2. The number of fused-ring (bicyclic) bond motifs is 5. The fourth-order valence-electron chi connectivity index (χ4n) is 5.88. The average Bonchev–Trinajstić information content (AvgIpc) is 3.43. The standard InChI is InChI=1S/C36H49N5O5/c1-25(2)34(44)35(3,4)19-22-46-36(5,6)18-20-37-30(42)16-17-31(43)40-24-26-12-8-9-13-27(26)33-32(28-14-10-11-15-29(28)40)38-39-41(33)21-23-45-7/h8-15,25H,16-24H2,1-7H3,(H,37,42). The summed E-state index contributed by atoms with van der Waals surface area (Å²) in [5.41, 5.74) is 4.17. The molecular weight excluding hydrogens is 582 g/mol. The van der Waals surface area contributed by atoms with Crippen LogP contribution in [0.4, 0.5) is 5.69 Å². The van der Waals surface area contributed by atoms with Gasteiger partial charge in [-0.25, -0.2) is 4.68 Å². The number of Topliss-reactive ketones (excluding diaryl/α,β-unsaturated/α-hetero) is 1. The Labute approximate surface area is 272 Å². The van der Waals surface area contributed by atoms with E-state index in [0.717, 1.165) is 28.1 Å². The summed E-state index contributed by atoms with van der Waals surface area (Å²) >= 11 is 0. The number of carbonyl (C=O) groups excluding carboxylic acids is 3. The number of carbonyl (C=O) groups is 3. The van der Waals surface area contributed by atoms with Gasteiger partial charge in [0.05, 0.1) is 36.7 Å². The molecule has 2 aromatic carbocycles. The van der Waals surface area contributed by atoms with Crippen LogP contribution in [0.25, 0.3) is 22.5 Å². The minimum absolute atomic E-state index is 0.0132. The molecule has 0 saturated carbocycles. The monoisotopic (exact) mass is 631 g/mol. The highest BCUT2D eigenvalue weighted by molar-refractivity contribution is 6.01. The maximum Gasteiger partial charge on any atom is 0.227 e. The Morgan fingerprint density at radius 3 is 2.35 bits per heavy atom. The fourth-order valence-corrected chi connectivity index (χ4v) is 5.88. The largest absolute Gasteiger partial charge is 0.383 e. The second-order valence-electron chi connectivity index (χ2n) is 13.5. The van der Waals surface area contributed by atoms with Crippen molar-refractivity contribution in [3.8, 4) is 22.5 Å². The first kappa shape index (κ1) is 35.0. The molecule has 3 aromatic rings. The van der Waals surface area contributed by atoms with Crippen LogP contribution in [0.1, 0.15) is 72.8 Å². The van der Waals surface area contributed by atoms with Crippen LogP contribution in [-0.4, -0.2) is 65.1 Å². The number of rotatable bonds is 15. The molecule has 0 fully saturated rings. The number of benzene rings is 2. The molecule has 1 N–H and O–H groups in total. The van der Waals surface area contributed by atoms with Gasteiger partial charge in [-0.05, 0) is 38.3 Å². The van der Waals surface area contributed by atoms with Gasteiger partial charge in [0.15, 0.2) is 0 Å². The summed E-state index contributed by atoms with van der Waals surface area (Å²) < 4.78 is 13.3. The molecule has 10 nitrogen and oxygen atoms in total. The molecule has 46 heavy (non-hydrogen) atoms. The number of para-hydroxylation sites is 1. The maximum atomic E-state index is 13.8. The third kappa shape index (κ3) is 8.47. The Morgan fingerprint density at radius 1 is 0.935 bits per heavy atom. The Bertz CT molecular complexity index is 1530. The molecule has 1 aliphatic heterocycles. The first-order valence-electron chi connectivity index (χ1n) is 16.2. The quantitative estimate of drug-likeness (QED) is 0.225. The second kappa shape index (κ2) is 15.1. The molecule has 4 rings (SSSR count). The van der Waals surface area contributed by atoms with Crippen molar-refractivity contribution in [2.75, 3.05) is 31.8 Å². The van der Waals surface area contributed by atoms with Crippen molar-refractivity contribution in [2.24, 2.45) is 11.3 Å². The smallest absolute Gasteiger partial charge is 0.227 e. The Kier molecular flexibility index (Phi) is 11.5. The molecule has 10 heteroatoms. The molecule has 2 heterocycles. The van der Waals surface area contributed by atoms with E-state index in [0.29, 0.717) is 51.4 Å². The van der Waals surface area contributed by atoms with Crippen LogP contribution in [0.3, 0.4) is 0 Å². The topological polar surface area (TPSA) is 116 Å². The van der Waals surface area contributed by atoms with Gasteiger partial charge in [0.25, 0.3) is 0 Å². The van der Waals surface area contributed by atoms with Crippen molar-refractivity contribution in [3.05, 3.63) is 54.1 Å². The number of ketones is 1. The highest BCUT2D eigenvalue weighted by Gasteiger charge is 2.31. The van der Waals surface area contributed by atoms with Crippen LogP contribution in [-0.2, 0) is 36.9 Å². The fraction of sp³-hybridized carbons (Fsp3) is 0.528. The molecule has 0 unspecified atom stereocenters. The summed E-state index contributed by atoms with van der Waals surface area (Å²) in [4.78, 5) is 40.8. The Hall–Kier alpha value is -3.89. The van der Waals surface area contributed by atoms with Crippen LogP contribution in [0.5, 0.6) is 0 Å². The van der Waals surface area contributed by atoms with Crippen molar-refractivity contribution in [1.29, 1.82) is 0 Å². The first-order chi connectivity index (χ1) is 21.8. The minimum atomic E-state index is -0.466. The number of aromatic nitrogens is 3. The molecule has 0 atom stereocenters. The first-order valence-corrected chi connectivity index (χ1v) is 16.2. The summed E-state index contributed by atoms with van der Waals surface area (Å²) in [6.45, 7) is 14.0. The van der Waals surface area contributed by atoms with Crippen molar-refractivity contribution >= 4 is 23.3 Å². The Morgan fingerprint density at radius 2 is 1.63 bits per heavy atom. The maximum absolute atomic E-state index is 13.8. The van der Waals surface area contributed by atoms with Gasteiger partial charge in [0, 0.05) is 55.6 Å². The molecule has 0 spiro atoms. The van der Waals surface area contributed by atoms with Gasteiger partial charge in [-0.3, -0.25) is 14.4 Å². The SMILES string of the molecule is COCCn1nnc2c1-c1ccccc1CN(C(=O)CCC(=O)NCCC(C)(C)OCCC(C)(C)C(=O)C(C)C)c1ccccc1-2. The summed E-state index contributed by atoms with van der Waals surface area (Å²) in [5, 5.41) is 11.9. The van der Waals surface area contributed by atoms with E-state index in [1.807, 2.05) is 94.8 Å². The van der Waals surface area contributed by atoms with Crippen LogP contribution >= 0.6 is 0 Å². The number of hydrogen-bond donors (Lipinski definition) is 1. The zero-order valence-electron chi connectivity index (χ0n) is 28.4. The van der Waals surface area contributed by atoms with E-state index in [1.165, 1.54) is 0 Å². The second-order valence-corrected chi connectivity index (χ2v) is 13.5. The van der Waals surface area contributed by atoms with Gasteiger partial charge in [0.1, 0.15) is 11.5 Å². The van der Waals surface area contributed by atoms with Crippen molar-refractivity contribution in [2.45, 2.75) is 85.9 Å². The van der Waals surface area contributed by atoms with Gasteiger partial charge < -0.3 is 19.7 Å². The third-order valence-corrected chi connectivity index (χ3v) is 8.62. The lowest BCUT2D eigenvalue weighted by Gasteiger charge is -2.30. The van der Waals surface area contributed by atoms with E-state index >= 15 is 0 Å². The summed E-state index contributed by atoms with van der Waals surface area (Å²) in [7, 11) is 1.66. The summed E-state index contributed by atoms with van der Waals surface area (Å²) in [5.74, 6) is -0.109. The number of nitrogens with zero attached hydrogens (tertiary/aromatic N) is 4. The normalized spacial score (nSPS) is 13.0. The highest BCUT2D eigenvalue weighted by atomic mass is 16.5. The number of methoxy groups -OCH3 is 1. The number of hydrogen-bond acceptors (Lipinski definition) is 7. The highest BCUT2D eigenvalue weighted by Crippen LogP contribution is 2.41. The number of nitrogens with one attached hydrogen (secondary N) is 1. The lowest BCUT2D eigenvalue weighted by molar-refractivity contribution is -0.132. The average molecular weight is 632 g/mol. The van der Waals surface area contributed by atoms with E-state index in [2.05, 4.69) is 15.6 Å². The predicted molar refractivity (Wildman–Crippen MR) is 179 cm³/mol. The molecule has 0 saturated heterocycles. The molecular formula is C36H49N5O5. The number of anilines is 1. The minimum Gasteiger partial charge on any atom is -0.383 e. The lowest BCUT2D eigenvalue weighted by Crippen LogP contribution is -2.36. The van der Waals surface area contributed by atoms with Crippen molar-refractivity contribution in [1.82, 2.24) is 20.3 Å². The molecule has 0 radical (unpaired) electrons. The van der Waals surface area contributed by atoms with Crippen LogP contribution in [0, 0.1) is 11.3 Å². The molecule has 248 valence electrons. The van der Waals surface area contributed by atoms with Crippen LogP contribution in [0.2, 0.25) is 0 Å². The zero-order chi connectivity index (χ0) is 33.5. The van der Waals surface area contributed by atoms with E-state index in [4.69, 9.17) is 9.47 Å². The van der Waals surface area contributed by atoms with E-state index < -0.39 is 11.0 Å². The van der Waals surface area contributed by atoms with Gasteiger partial charge >= 0.3 is 0 Å². The lowest BCUT2D eigenvalue weighted by atomic mass is 9.80. The molecule has 0 bridgehead atoms. The number of amides is 2. The molecule has 2 amide bonds. The van der Waals surface area contributed by atoms with Crippen molar-refractivity contribution < 1.29 is 23.9 Å². The van der Waals surface area contributed by atoms with E-state index in [1.54, 1.807) is 12.0 Å². The predicted octanol–water partition coefficient (Wildman–Crippen LogP) is 5.83.